The first-order valence-corrected chi connectivity index (χ1v) is 7.12. The van der Waals surface area contributed by atoms with E-state index in [1.807, 2.05) is 0 Å². The van der Waals surface area contributed by atoms with Crippen LogP contribution in [0, 0.1) is 15.9 Å². The molecular formula is C16H12FN3O4. The van der Waals surface area contributed by atoms with Crippen molar-refractivity contribution in [2.24, 2.45) is 0 Å². The Bertz CT molecular complexity index is 818. The molecule has 0 unspecified atom stereocenters. The number of nitrogens with one attached hydrogen (secondary N) is 1. The summed E-state index contributed by atoms with van der Waals surface area (Å²) in [5, 5.41) is 13.6. The predicted molar refractivity (Wildman–Crippen MR) is 83.4 cm³/mol. The lowest BCUT2D eigenvalue weighted by molar-refractivity contribution is -0.384. The highest BCUT2D eigenvalue weighted by Gasteiger charge is 2.34. The first kappa shape index (κ1) is 15.6. The van der Waals surface area contributed by atoms with Crippen molar-refractivity contribution >= 4 is 23.2 Å². The van der Waals surface area contributed by atoms with Gasteiger partial charge in [0.1, 0.15) is 11.5 Å². The van der Waals surface area contributed by atoms with Gasteiger partial charge in [-0.2, -0.15) is 0 Å². The fourth-order valence-corrected chi connectivity index (χ4v) is 2.55. The molecule has 7 nitrogen and oxygen atoms in total. The average Bonchev–Trinajstić information content (AvgIpc) is 2.80. The number of hydrogen-bond donors (Lipinski definition) is 1. The molecule has 0 saturated heterocycles. The van der Waals surface area contributed by atoms with Gasteiger partial charge in [-0.15, -0.1) is 0 Å². The molecule has 2 amide bonds. The molecule has 0 saturated carbocycles. The lowest BCUT2D eigenvalue weighted by atomic mass is 10.1. The number of hydrogen-bond acceptors (Lipinski definition) is 5. The first-order valence-electron chi connectivity index (χ1n) is 7.12. The molecule has 0 atom stereocenters. The van der Waals surface area contributed by atoms with Crippen molar-refractivity contribution in [1.29, 1.82) is 0 Å². The molecule has 24 heavy (non-hydrogen) atoms. The van der Waals surface area contributed by atoms with E-state index in [-0.39, 0.29) is 24.5 Å². The minimum absolute atomic E-state index is 0.00314. The van der Waals surface area contributed by atoms with Crippen molar-refractivity contribution in [3.05, 3.63) is 69.5 Å². The Labute approximate surface area is 135 Å². The van der Waals surface area contributed by atoms with Crippen molar-refractivity contribution in [1.82, 2.24) is 4.90 Å². The first-order chi connectivity index (χ1) is 11.5. The van der Waals surface area contributed by atoms with Crippen molar-refractivity contribution < 1.29 is 18.9 Å². The molecule has 2 aromatic carbocycles. The molecule has 1 heterocycles. The van der Waals surface area contributed by atoms with E-state index < -0.39 is 22.6 Å². The van der Waals surface area contributed by atoms with Crippen LogP contribution >= 0.6 is 0 Å². The third-order valence-corrected chi connectivity index (χ3v) is 3.68. The number of benzene rings is 2. The topological polar surface area (TPSA) is 92.6 Å². The maximum Gasteiger partial charge on any atom is 0.292 e. The molecular weight excluding hydrogens is 317 g/mol. The normalized spacial score (nSPS) is 13.1. The second-order valence-electron chi connectivity index (χ2n) is 5.15. The Morgan fingerprint density at radius 2 is 1.71 bits per heavy atom. The molecule has 8 heteroatoms. The highest BCUT2D eigenvalue weighted by atomic mass is 19.1. The number of nitrogens with zero attached hydrogens (tertiary/aromatic N) is 2. The van der Waals surface area contributed by atoms with Gasteiger partial charge < -0.3 is 5.32 Å². The molecule has 122 valence electrons. The summed E-state index contributed by atoms with van der Waals surface area (Å²) in [5.41, 5.74) is 0.383. The number of halogens is 1. The second kappa shape index (κ2) is 6.07. The summed E-state index contributed by atoms with van der Waals surface area (Å²) in [6.45, 7) is 0.0791. The van der Waals surface area contributed by atoms with Crippen LogP contribution in [0.1, 0.15) is 20.7 Å². The van der Waals surface area contributed by atoms with Gasteiger partial charge in [0.15, 0.2) is 0 Å². The number of imide groups is 1. The number of carbonyl (C=O) groups is 2. The van der Waals surface area contributed by atoms with Gasteiger partial charge in [0.05, 0.1) is 16.1 Å². The summed E-state index contributed by atoms with van der Waals surface area (Å²) >= 11 is 0. The summed E-state index contributed by atoms with van der Waals surface area (Å²) in [6.07, 6.45) is 0. The highest BCUT2D eigenvalue weighted by molar-refractivity contribution is 6.21. The summed E-state index contributed by atoms with van der Waals surface area (Å²) in [6, 6.07) is 9.53. The predicted octanol–water partition coefficient (Wildman–Crippen LogP) is 2.44. The maximum atomic E-state index is 13.3. The fraction of sp³-hybridized carbons (Fsp3) is 0.125. The number of rotatable bonds is 5. The van der Waals surface area contributed by atoms with Crippen molar-refractivity contribution in [3.8, 4) is 0 Å². The zero-order chi connectivity index (χ0) is 17.3. The minimum atomic E-state index is -0.635. The van der Waals surface area contributed by atoms with Gasteiger partial charge in [0, 0.05) is 25.2 Å². The third-order valence-electron chi connectivity index (χ3n) is 3.68. The number of nitro benzene ring substituents is 1. The number of nitro groups is 1. The summed E-state index contributed by atoms with van der Waals surface area (Å²) < 4.78 is 13.3. The minimum Gasteiger partial charge on any atom is -0.378 e. The van der Waals surface area contributed by atoms with Crippen LogP contribution in [0.3, 0.4) is 0 Å². The quantitative estimate of drug-likeness (QED) is 0.517. The molecule has 1 aliphatic rings. The third kappa shape index (κ3) is 2.69. The Morgan fingerprint density at radius 3 is 2.29 bits per heavy atom. The van der Waals surface area contributed by atoms with Gasteiger partial charge in [0.25, 0.3) is 17.5 Å². The van der Waals surface area contributed by atoms with E-state index in [9.17, 15) is 24.1 Å². The van der Waals surface area contributed by atoms with E-state index in [0.29, 0.717) is 11.1 Å². The summed E-state index contributed by atoms with van der Waals surface area (Å²) in [4.78, 5) is 35.7. The van der Waals surface area contributed by atoms with Gasteiger partial charge in [-0.3, -0.25) is 24.6 Å². The van der Waals surface area contributed by atoms with Crippen molar-refractivity contribution in [2.45, 2.75) is 0 Å². The van der Waals surface area contributed by atoms with Crippen LogP contribution in [0.4, 0.5) is 15.8 Å². The molecule has 0 fully saturated rings. The van der Waals surface area contributed by atoms with Gasteiger partial charge >= 0.3 is 0 Å². The molecule has 0 bridgehead atoms. The Kier molecular flexibility index (Phi) is 3.95. The molecule has 0 spiro atoms. The molecule has 3 rings (SSSR count). The monoisotopic (exact) mass is 329 g/mol. The SMILES string of the molecule is O=C1c2ccccc2C(=O)N1CCNc1cc(F)ccc1[N+](=O)[O-]. The Hall–Kier alpha value is -3.29. The van der Waals surface area contributed by atoms with Gasteiger partial charge in [-0.25, -0.2) is 4.39 Å². The van der Waals surface area contributed by atoms with E-state index in [2.05, 4.69) is 5.32 Å². The van der Waals surface area contributed by atoms with Crippen LogP contribution in [0.2, 0.25) is 0 Å². The number of carbonyl (C=O) groups excluding carboxylic acids is 2. The smallest absolute Gasteiger partial charge is 0.292 e. The number of fused-ring (bicyclic) bond motifs is 1. The number of amides is 2. The van der Waals surface area contributed by atoms with E-state index in [1.165, 1.54) is 0 Å². The highest BCUT2D eigenvalue weighted by Crippen LogP contribution is 2.25. The lowest BCUT2D eigenvalue weighted by Gasteiger charge is -2.14. The van der Waals surface area contributed by atoms with E-state index >= 15 is 0 Å². The Balaban J connectivity index is 1.70. The Morgan fingerprint density at radius 1 is 1.08 bits per heavy atom. The largest absolute Gasteiger partial charge is 0.378 e. The van der Waals surface area contributed by atoms with Crippen LogP contribution in [-0.2, 0) is 0 Å². The molecule has 0 radical (unpaired) electrons. The van der Waals surface area contributed by atoms with Crippen molar-refractivity contribution in [2.75, 3.05) is 18.4 Å². The van der Waals surface area contributed by atoms with Crippen LogP contribution in [0.5, 0.6) is 0 Å². The maximum absolute atomic E-state index is 13.3. The van der Waals surface area contributed by atoms with Crippen LogP contribution in [0.25, 0.3) is 0 Å². The van der Waals surface area contributed by atoms with Crippen molar-refractivity contribution in [3.63, 3.8) is 0 Å². The fourth-order valence-electron chi connectivity index (χ4n) is 2.55. The molecule has 0 aliphatic carbocycles. The standard InChI is InChI=1S/C16H12FN3O4/c17-10-5-6-14(20(23)24)13(9-10)18-7-8-19-15(21)11-3-1-2-4-12(11)16(19)22/h1-6,9,18H,7-8H2. The van der Waals surface area contributed by atoms with Gasteiger partial charge in [0.2, 0.25) is 0 Å². The van der Waals surface area contributed by atoms with Crippen LogP contribution < -0.4 is 5.32 Å². The van der Waals surface area contributed by atoms with Gasteiger partial charge in [-0.05, 0) is 18.2 Å². The van der Waals surface area contributed by atoms with Crippen LogP contribution in [0.15, 0.2) is 42.5 Å². The second-order valence-corrected chi connectivity index (χ2v) is 5.15. The molecule has 0 aromatic heterocycles. The number of anilines is 1. The van der Waals surface area contributed by atoms with E-state index in [4.69, 9.17) is 0 Å². The molecule has 1 N–H and O–H groups in total. The molecule has 2 aromatic rings. The van der Waals surface area contributed by atoms with Gasteiger partial charge in [-0.1, -0.05) is 12.1 Å². The summed E-state index contributed by atoms with van der Waals surface area (Å²) in [7, 11) is 0. The van der Waals surface area contributed by atoms with Crippen LogP contribution in [-0.4, -0.2) is 34.7 Å². The van der Waals surface area contributed by atoms with E-state index in [1.54, 1.807) is 24.3 Å². The summed E-state index contributed by atoms with van der Waals surface area (Å²) in [5.74, 6) is -1.44. The average molecular weight is 329 g/mol. The molecule has 1 aliphatic heterocycles. The zero-order valence-electron chi connectivity index (χ0n) is 12.4. The lowest BCUT2D eigenvalue weighted by Crippen LogP contribution is -2.34. The zero-order valence-corrected chi connectivity index (χ0v) is 12.4. The van der Waals surface area contributed by atoms with E-state index in [0.717, 1.165) is 23.1 Å².